The van der Waals surface area contributed by atoms with Crippen molar-refractivity contribution in [1.29, 1.82) is 0 Å². The van der Waals surface area contributed by atoms with Crippen molar-refractivity contribution in [3.63, 3.8) is 0 Å². The molecule has 1 fully saturated rings. The minimum atomic E-state index is -0.703. The number of nitrogens with one attached hydrogen (secondary N) is 2. The summed E-state index contributed by atoms with van der Waals surface area (Å²) < 4.78 is 0.989. The van der Waals surface area contributed by atoms with Crippen LogP contribution in [0.1, 0.15) is 25.0 Å². The van der Waals surface area contributed by atoms with Crippen LogP contribution in [-0.2, 0) is 9.63 Å². The van der Waals surface area contributed by atoms with Gasteiger partial charge in [0, 0.05) is 39.1 Å². The van der Waals surface area contributed by atoms with E-state index in [0.717, 1.165) is 75.4 Å². The van der Waals surface area contributed by atoms with E-state index in [0.29, 0.717) is 12.3 Å². The molecule has 0 spiro atoms. The number of likely N-dealkylation sites (tertiary alicyclic amines) is 1. The predicted octanol–water partition coefficient (Wildman–Crippen LogP) is 3.81. The monoisotopic (exact) mass is 522 g/mol. The first-order valence-corrected chi connectivity index (χ1v) is 12.3. The van der Waals surface area contributed by atoms with Crippen LogP contribution in [0.4, 0.5) is 5.69 Å². The number of carboxylic acid groups (broad SMARTS) is 1. The Balaban J connectivity index is 1.33. The summed E-state index contributed by atoms with van der Waals surface area (Å²) in [7, 11) is 0. The van der Waals surface area contributed by atoms with Crippen LogP contribution in [0, 0.1) is 5.92 Å². The van der Waals surface area contributed by atoms with E-state index in [-0.39, 0.29) is 12.3 Å². The molecule has 1 saturated heterocycles. The molecular formula is C26H27BrN4O3. The number of anilines is 1. The summed E-state index contributed by atoms with van der Waals surface area (Å²) in [6, 6.07) is 14.2. The number of fused-ring (bicyclic) bond motifs is 2. The number of hydrogen-bond acceptors (Lipinski definition) is 5. The van der Waals surface area contributed by atoms with Crippen molar-refractivity contribution < 1.29 is 14.7 Å². The number of H-pyrrole nitrogens is 1. The fourth-order valence-corrected chi connectivity index (χ4v) is 5.20. The number of benzene rings is 2. The molecule has 3 aromatic rings. The third-order valence-corrected chi connectivity index (χ3v) is 7.08. The number of aromatic nitrogens is 1. The minimum absolute atomic E-state index is 0.269. The van der Waals surface area contributed by atoms with Gasteiger partial charge in [0.2, 0.25) is 0 Å². The lowest BCUT2D eigenvalue weighted by Crippen LogP contribution is -2.36. The summed E-state index contributed by atoms with van der Waals surface area (Å²) in [5.74, 6) is -0.419. The lowest BCUT2D eigenvalue weighted by atomic mass is 9.94. The molecule has 5 rings (SSSR count). The van der Waals surface area contributed by atoms with Crippen LogP contribution in [-0.4, -0.2) is 47.2 Å². The van der Waals surface area contributed by atoms with Gasteiger partial charge < -0.3 is 15.0 Å². The number of rotatable bonds is 8. The van der Waals surface area contributed by atoms with E-state index in [1.165, 1.54) is 0 Å². The number of carboxylic acids is 1. The van der Waals surface area contributed by atoms with Crippen LogP contribution in [0.3, 0.4) is 0 Å². The van der Waals surface area contributed by atoms with Gasteiger partial charge in [0.25, 0.3) is 0 Å². The highest BCUT2D eigenvalue weighted by atomic mass is 79.9. The Labute approximate surface area is 205 Å². The van der Waals surface area contributed by atoms with Crippen LogP contribution < -0.4 is 16.1 Å². The Hall–Kier alpha value is -2.94. The van der Waals surface area contributed by atoms with Gasteiger partial charge in [0.05, 0.1) is 29.0 Å². The lowest BCUT2D eigenvalue weighted by Gasteiger charge is -2.31. The maximum Gasteiger partial charge on any atom is 0.303 e. The first kappa shape index (κ1) is 22.8. The largest absolute Gasteiger partial charge is 0.481 e. The highest BCUT2D eigenvalue weighted by molar-refractivity contribution is 9.10. The predicted molar refractivity (Wildman–Crippen MR) is 136 cm³/mol. The van der Waals surface area contributed by atoms with Crippen molar-refractivity contribution in [2.75, 3.05) is 31.7 Å². The minimum Gasteiger partial charge on any atom is -0.481 e. The smallest absolute Gasteiger partial charge is 0.303 e. The standard InChI is InChI=1S/C26H27BrN4O3/c1-16-24(20-15-18(27)6-7-22(20)28-16)26-25(19-4-2-3-5-21(19)29-26)30-34-13-12-31-10-8-17(9-11-31)14-23(32)33/h2-7,15,17,29-30H,1,8-14H2,(H,32,33). The number of aromatic amines is 1. The summed E-state index contributed by atoms with van der Waals surface area (Å²) in [6.45, 7) is 7.32. The molecule has 34 heavy (non-hydrogen) atoms. The Morgan fingerprint density at radius 1 is 1.26 bits per heavy atom. The number of piperidine rings is 1. The van der Waals surface area contributed by atoms with Crippen molar-refractivity contribution in [3.05, 3.63) is 75.5 Å². The number of carbonyl (C=O) groups is 1. The second kappa shape index (κ2) is 9.74. The molecule has 0 saturated carbocycles. The number of hydrogen-bond donors (Lipinski definition) is 3. The molecule has 0 atom stereocenters. The summed E-state index contributed by atoms with van der Waals surface area (Å²) in [5.41, 5.74) is 7.66. The molecule has 2 aliphatic heterocycles. The molecule has 3 heterocycles. The van der Waals surface area contributed by atoms with Gasteiger partial charge in [-0.2, -0.15) is 0 Å². The maximum absolute atomic E-state index is 10.9. The summed E-state index contributed by atoms with van der Waals surface area (Å²) in [4.78, 5) is 27.4. The third-order valence-electron chi connectivity index (χ3n) is 6.58. The van der Waals surface area contributed by atoms with Crippen LogP contribution in [0.25, 0.3) is 16.5 Å². The molecule has 0 aliphatic carbocycles. The molecule has 0 radical (unpaired) electrons. The van der Waals surface area contributed by atoms with E-state index in [1.807, 2.05) is 30.3 Å². The Bertz CT molecular complexity index is 1370. The number of aliphatic carboxylic acids is 1. The van der Waals surface area contributed by atoms with Gasteiger partial charge in [-0.25, -0.2) is 4.99 Å². The highest BCUT2D eigenvalue weighted by Crippen LogP contribution is 2.34. The van der Waals surface area contributed by atoms with E-state index in [9.17, 15) is 4.79 Å². The van der Waals surface area contributed by atoms with E-state index in [1.54, 1.807) is 0 Å². The molecule has 1 aromatic heterocycles. The van der Waals surface area contributed by atoms with Gasteiger partial charge in [0.1, 0.15) is 0 Å². The maximum atomic E-state index is 10.9. The highest BCUT2D eigenvalue weighted by Gasteiger charge is 2.23. The van der Waals surface area contributed by atoms with Gasteiger partial charge in [-0.1, -0.05) is 40.7 Å². The van der Waals surface area contributed by atoms with Crippen molar-refractivity contribution in [3.8, 4) is 0 Å². The second-order valence-electron chi connectivity index (χ2n) is 8.85. The van der Waals surface area contributed by atoms with Crippen LogP contribution in [0.2, 0.25) is 0 Å². The zero-order valence-electron chi connectivity index (χ0n) is 18.8. The van der Waals surface area contributed by atoms with E-state index in [4.69, 9.17) is 9.94 Å². The lowest BCUT2D eigenvalue weighted by molar-refractivity contribution is -0.138. The molecule has 0 amide bonds. The first-order chi connectivity index (χ1) is 16.5. The number of para-hydroxylation sites is 1. The third kappa shape index (κ3) is 4.66. The summed E-state index contributed by atoms with van der Waals surface area (Å²) in [5, 5.41) is 12.0. The van der Waals surface area contributed by atoms with Crippen LogP contribution in [0.5, 0.6) is 0 Å². The summed E-state index contributed by atoms with van der Waals surface area (Å²) in [6.07, 6.45) is 2.11. The Morgan fingerprint density at radius 2 is 2.06 bits per heavy atom. The van der Waals surface area contributed by atoms with Gasteiger partial charge in [0.15, 0.2) is 0 Å². The molecular weight excluding hydrogens is 496 g/mol. The quantitative estimate of drug-likeness (QED) is 0.309. The second-order valence-corrected chi connectivity index (χ2v) is 9.76. The van der Waals surface area contributed by atoms with Gasteiger partial charge in [-0.3, -0.25) is 15.1 Å². The van der Waals surface area contributed by atoms with Crippen molar-refractivity contribution in [1.82, 2.24) is 9.88 Å². The van der Waals surface area contributed by atoms with Gasteiger partial charge >= 0.3 is 5.97 Å². The Morgan fingerprint density at radius 3 is 2.85 bits per heavy atom. The van der Waals surface area contributed by atoms with Gasteiger partial charge in [-0.05, 0) is 56.1 Å². The Kier molecular flexibility index (Phi) is 6.54. The number of allylic oxidation sites excluding steroid dienone is 1. The fraction of sp³-hybridized carbons (Fsp3) is 0.308. The summed E-state index contributed by atoms with van der Waals surface area (Å²) >= 11 is 3.57. The number of halogens is 1. The average molecular weight is 523 g/mol. The molecule has 7 nitrogen and oxygen atoms in total. The van der Waals surface area contributed by atoms with Crippen molar-refractivity contribution in [2.45, 2.75) is 19.3 Å². The van der Waals surface area contributed by atoms with E-state index < -0.39 is 5.97 Å². The van der Waals surface area contributed by atoms with Crippen LogP contribution in [0.15, 0.2) is 64.2 Å². The SMILES string of the molecule is C=C1N=c2ccc(Br)cc2=C1c1[nH]c2ccccc2c1NOCCN1CCC(CC(=O)O)CC1. The topological polar surface area (TPSA) is 90.0 Å². The zero-order valence-corrected chi connectivity index (χ0v) is 20.4. The molecule has 3 N–H and O–H groups in total. The molecule has 0 unspecified atom stereocenters. The molecule has 2 aliphatic rings. The van der Waals surface area contributed by atoms with E-state index >= 15 is 0 Å². The normalized spacial score (nSPS) is 16.6. The van der Waals surface area contributed by atoms with Crippen molar-refractivity contribution in [2.24, 2.45) is 10.9 Å². The zero-order chi connectivity index (χ0) is 23.7. The molecule has 8 heteroatoms. The van der Waals surface area contributed by atoms with E-state index in [2.05, 4.69) is 55.0 Å². The average Bonchev–Trinajstić information content (AvgIpc) is 3.33. The first-order valence-electron chi connectivity index (χ1n) is 11.5. The molecule has 0 bridgehead atoms. The fourth-order valence-electron chi connectivity index (χ4n) is 4.84. The molecule has 176 valence electrons. The molecule has 2 aromatic carbocycles. The van der Waals surface area contributed by atoms with Crippen LogP contribution >= 0.6 is 15.9 Å². The van der Waals surface area contributed by atoms with Crippen molar-refractivity contribution >= 4 is 44.1 Å². The number of nitrogens with zero attached hydrogens (tertiary/aromatic N) is 2. The van der Waals surface area contributed by atoms with Gasteiger partial charge in [-0.15, -0.1) is 0 Å².